The average Bonchev–Trinajstić information content (AvgIpc) is 2.40. The van der Waals surface area contributed by atoms with Crippen LogP contribution < -0.4 is 0 Å². The molecular formula is C14H19N3O2. The molecule has 0 heterocycles. The predicted octanol–water partition coefficient (Wildman–Crippen LogP) is 2.76. The molecule has 0 saturated carbocycles. The minimum Gasteiger partial charge on any atom is -0.286 e. The summed E-state index contributed by atoms with van der Waals surface area (Å²) in [5.74, 6) is 0. The Kier molecular flexibility index (Phi) is 5.02. The van der Waals surface area contributed by atoms with Crippen LogP contribution in [0.5, 0.6) is 0 Å². The molecule has 0 fully saturated rings. The number of nitriles is 1. The molecule has 0 aliphatic rings. The van der Waals surface area contributed by atoms with Crippen molar-refractivity contribution in [2.75, 3.05) is 13.1 Å². The number of nitrogens with zero attached hydrogens (tertiary/aromatic N) is 3. The van der Waals surface area contributed by atoms with E-state index in [2.05, 4.69) is 11.0 Å². The van der Waals surface area contributed by atoms with Gasteiger partial charge in [-0.1, -0.05) is 26.0 Å². The fourth-order valence-electron chi connectivity index (χ4n) is 2.28. The van der Waals surface area contributed by atoms with Crippen molar-refractivity contribution in [3.63, 3.8) is 0 Å². The van der Waals surface area contributed by atoms with Gasteiger partial charge in [0, 0.05) is 18.6 Å². The Hall–Kier alpha value is -1.93. The van der Waals surface area contributed by atoms with Crippen molar-refractivity contribution in [1.29, 1.82) is 5.26 Å². The molecule has 0 N–H and O–H groups in total. The number of nitro benzene ring substituents is 1. The van der Waals surface area contributed by atoms with Crippen LogP contribution in [0.1, 0.15) is 26.3 Å². The highest BCUT2D eigenvalue weighted by molar-refractivity contribution is 5.34. The molecule has 1 unspecified atom stereocenters. The lowest BCUT2D eigenvalue weighted by atomic mass is 9.92. The van der Waals surface area contributed by atoms with Crippen molar-refractivity contribution in [3.05, 3.63) is 39.9 Å². The molecular weight excluding hydrogens is 242 g/mol. The highest BCUT2D eigenvalue weighted by atomic mass is 16.6. The number of hydrogen-bond acceptors (Lipinski definition) is 4. The SMILES string of the molecule is CCN(CC)C(C)(C#N)Cc1ccc([N+](=O)[O-])cc1. The second kappa shape index (κ2) is 6.30. The van der Waals surface area contributed by atoms with Crippen molar-refractivity contribution in [3.8, 4) is 6.07 Å². The Balaban J connectivity index is 2.93. The van der Waals surface area contributed by atoms with E-state index in [4.69, 9.17) is 0 Å². The molecule has 0 radical (unpaired) electrons. The molecule has 0 aromatic heterocycles. The number of hydrogen-bond donors (Lipinski definition) is 0. The van der Waals surface area contributed by atoms with Gasteiger partial charge in [-0.15, -0.1) is 0 Å². The molecule has 5 nitrogen and oxygen atoms in total. The lowest BCUT2D eigenvalue weighted by molar-refractivity contribution is -0.384. The van der Waals surface area contributed by atoms with Gasteiger partial charge in [-0.25, -0.2) is 0 Å². The van der Waals surface area contributed by atoms with E-state index in [0.29, 0.717) is 6.42 Å². The predicted molar refractivity (Wildman–Crippen MR) is 73.7 cm³/mol. The van der Waals surface area contributed by atoms with Gasteiger partial charge in [0.15, 0.2) is 0 Å². The van der Waals surface area contributed by atoms with Gasteiger partial charge in [-0.05, 0) is 25.6 Å². The maximum atomic E-state index is 10.6. The van der Waals surface area contributed by atoms with Gasteiger partial charge >= 0.3 is 0 Å². The molecule has 1 rings (SSSR count). The van der Waals surface area contributed by atoms with Gasteiger partial charge in [0.05, 0.1) is 11.0 Å². The van der Waals surface area contributed by atoms with E-state index in [-0.39, 0.29) is 5.69 Å². The van der Waals surface area contributed by atoms with E-state index in [1.807, 2.05) is 20.8 Å². The summed E-state index contributed by atoms with van der Waals surface area (Å²) in [4.78, 5) is 12.3. The number of likely N-dealkylation sites (N-methyl/N-ethyl adjacent to an activating group) is 1. The molecule has 0 aliphatic heterocycles. The van der Waals surface area contributed by atoms with Gasteiger partial charge in [0.2, 0.25) is 0 Å². The van der Waals surface area contributed by atoms with Gasteiger partial charge in [0.1, 0.15) is 5.54 Å². The number of non-ortho nitro benzene ring substituents is 1. The summed E-state index contributed by atoms with van der Waals surface area (Å²) in [5.41, 5.74) is 0.423. The summed E-state index contributed by atoms with van der Waals surface area (Å²) in [6.45, 7) is 7.55. The number of nitro groups is 1. The quantitative estimate of drug-likeness (QED) is 0.583. The van der Waals surface area contributed by atoms with Crippen LogP contribution in [-0.4, -0.2) is 28.5 Å². The topological polar surface area (TPSA) is 70.2 Å². The lowest BCUT2D eigenvalue weighted by Crippen LogP contribution is -2.46. The van der Waals surface area contributed by atoms with Gasteiger partial charge in [0.25, 0.3) is 5.69 Å². The van der Waals surface area contributed by atoms with Crippen LogP contribution in [0.2, 0.25) is 0 Å². The minimum absolute atomic E-state index is 0.0743. The zero-order valence-corrected chi connectivity index (χ0v) is 11.6. The molecule has 0 saturated heterocycles. The molecule has 5 heteroatoms. The van der Waals surface area contributed by atoms with E-state index in [9.17, 15) is 15.4 Å². The minimum atomic E-state index is -0.584. The van der Waals surface area contributed by atoms with Crippen LogP contribution in [0, 0.1) is 21.4 Å². The average molecular weight is 261 g/mol. The Labute approximate surface area is 113 Å². The first-order chi connectivity index (χ1) is 8.96. The summed E-state index contributed by atoms with van der Waals surface area (Å²) >= 11 is 0. The normalized spacial score (nSPS) is 13.8. The summed E-state index contributed by atoms with van der Waals surface area (Å²) in [7, 11) is 0. The highest BCUT2D eigenvalue weighted by Crippen LogP contribution is 2.21. The molecule has 102 valence electrons. The molecule has 0 bridgehead atoms. The van der Waals surface area contributed by atoms with Crippen LogP contribution in [0.15, 0.2) is 24.3 Å². The zero-order valence-electron chi connectivity index (χ0n) is 11.6. The smallest absolute Gasteiger partial charge is 0.269 e. The number of benzene rings is 1. The molecule has 0 spiro atoms. The highest BCUT2D eigenvalue weighted by Gasteiger charge is 2.30. The third kappa shape index (κ3) is 3.52. The summed E-state index contributed by atoms with van der Waals surface area (Å²) in [5, 5.41) is 20.0. The number of rotatable bonds is 6. The maximum Gasteiger partial charge on any atom is 0.269 e. The zero-order chi connectivity index (χ0) is 14.5. The third-order valence-corrected chi connectivity index (χ3v) is 3.40. The Morgan fingerprint density at radius 2 is 1.84 bits per heavy atom. The molecule has 1 aromatic rings. The molecule has 19 heavy (non-hydrogen) atoms. The Morgan fingerprint density at radius 1 is 1.32 bits per heavy atom. The van der Waals surface area contributed by atoms with Crippen LogP contribution in [0.3, 0.4) is 0 Å². The molecule has 0 aliphatic carbocycles. The van der Waals surface area contributed by atoms with E-state index in [1.54, 1.807) is 12.1 Å². The largest absolute Gasteiger partial charge is 0.286 e. The van der Waals surface area contributed by atoms with Crippen molar-refractivity contribution >= 4 is 5.69 Å². The first-order valence-electron chi connectivity index (χ1n) is 6.36. The lowest BCUT2D eigenvalue weighted by Gasteiger charge is -2.34. The van der Waals surface area contributed by atoms with Crippen LogP contribution in [0.25, 0.3) is 0 Å². The summed E-state index contributed by atoms with van der Waals surface area (Å²) in [6, 6.07) is 8.76. The Morgan fingerprint density at radius 3 is 2.21 bits per heavy atom. The standard InChI is InChI=1S/C14H19N3O2/c1-4-16(5-2)14(3,11-15)10-12-6-8-13(9-7-12)17(18)19/h6-9H,4-5,10H2,1-3H3. The van der Waals surface area contributed by atoms with E-state index in [1.165, 1.54) is 12.1 Å². The maximum absolute atomic E-state index is 10.6. The Bertz CT molecular complexity index is 474. The van der Waals surface area contributed by atoms with Crippen LogP contribution >= 0.6 is 0 Å². The second-order valence-electron chi connectivity index (χ2n) is 4.66. The summed E-state index contributed by atoms with van der Waals surface area (Å²) < 4.78 is 0. The van der Waals surface area contributed by atoms with Crippen molar-refractivity contribution < 1.29 is 4.92 Å². The fourth-order valence-corrected chi connectivity index (χ4v) is 2.28. The van der Waals surface area contributed by atoms with E-state index < -0.39 is 10.5 Å². The van der Waals surface area contributed by atoms with E-state index in [0.717, 1.165) is 18.7 Å². The monoisotopic (exact) mass is 261 g/mol. The fraction of sp³-hybridized carbons (Fsp3) is 0.500. The summed E-state index contributed by atoms with van der Waals surface area (Å²) in [6.07, 6.45) is 0.559. The van der Waals surface area contributed by atoms with Crippen LogP contribution in [0.4, 0.5) is 5.69 Å². The van der Waals surface area contributed by atoms with Crippen molar-refractivity contribution in [1.82, 2.24) is 4.90 Å². The first kappa shape index (κ1) is 15.1. The van der Waals surface area contributed by atoms with Crippen molar-refractivity contribution in [2.24, 2.45) is 0 Å². The van der Waals surface area contributed by atoms with Gasteiger partial charge < -0.3 is 0 Å². The molecule has 1 atom stereocenters. The first-order valence-corrected chi connectivity index (χ1v) is 6.36. The van der Waals surface area contributed by atoms with E-state index >= 15 is 0 Å². The second-order valence-corrected chi connectivity index (χ2v) is 4.66. The van der Waals surface area contributed by atoms with Crippen LogP contribution in [-0.2, 0) is 6.42 Å². The van der Waals surface area contributed by atoms with Gasteiger partial charge in [-0.2, -0.15) is 5.26 Å². The van der Waals surface area contributed by atoms with Gasteiger partial charge in [-0.3, -0.25) is 15.0 Å². The van der Waals surface area contributed by atoms with Crippen molar-refractivity contribution in [2.45, 2.75) is 32.7 Å². The third-order valence-electron chi connectivity index (χ3n) is 3.40. The molecule has 0 amide bonds. The molecule has 1 aromatic carbocycles.